The van der Waals surface area contributed by atoms with Crippen LogP contribution in [0.5, 0.6) is 5.75 Å². The molecule has 3 N–H and O–H groups in total. The summed E-state index contributed by atoms with van der Waals surface area (Å²) in [6, 6.07) is 17.4. The van der Waals surface area contributed by atoms with Gasteiger partial charge in [0, 0.05) is 67.1 Å². The molecule has 0 aliphatic rings. The van der Waals surface area contributed by atoms with Gasteiger partial charge in [-0.15, -0.1) is 0 Å². The maximum Gasteiger partial charge on any atom is 0.265 e. The summed E-state index contributed by atoms with van der Waals surface area (Å²) in [6.45, 7) is 6.24. The fraction of sp³-hybridized carbons (Fsp3) is 0.361. The standard InChI is InChI=1S/C36H44N4O6S/c1-7-18-37-35(42)24(3)19-25-12-16-31-29(20-25)30(22-38-31)27(15-17-34(41)40(4)5)28-14-13-26(21-32(28)46-6)36(43)39-47(44,45)33-11-9-8-10-23(33)2/h8-14,16,20-22,24,27,38H,7,15,17-19H2,1-6H3,(H,37,42)(H,39,43). The Balaban J connectivity index is 1.70. The zero-order valence-corrected chi connectivity index (χ0v) is 28.7. The predicted octanol–water partition coefficient (Wildman–Crippen LogP) is 5.31. The first-order valence-electron chi connectivity index (χ1n) is 15.7. The molecule has 0 saturated carbocycles. The molecule has 0 fully saturated rings. The van der Waals surface area contributed by atoms with Gasteiger partial charge in [0.15, 0.2) is 0 Å². The number of ether oxygens (including phenoxy) is 1. The first kappa shape index (κ1) is 35.2. The highest BCUT2D eigenvalue weighted by Crippen LogP contribution is 2.39. The number of sulfonamides is 1. The Bertz CT molecular complexity index is 1860. The van der Waals surface area contributed by atoms with E-state index < -0.39 is 15.9 Å². The minimum absolute atomic E-state index is 0.0156. The Morgan fingerprint density at radius 1 is 1.00 bits per heavy atom. The van der Waals surface area contributed by atoms with E-state index in [1.807, 2.05) is 32.2 Å². The van der Waals surface area contributed by atoms with Crippen LogP contribution in [0.3, 0.4) is 0 Å². The van der Waals surface area contributed by atoms with E-state index in [-0.39, 0.29) is 40.5 Å². The highest BCUT2D eigenvalue weighted by molar-refractivity contribution is 7.90. The highest BCUT2D eigenvalue weighted by Gasteiger charge is 2.26. The second kappa shape index (κ2) is 15.3. The largest absolute Gasteiger partial charge is 0.496 e. The lowest BCUT2D eigenvalue weighted by Crippen LogP contribution is -2.31. The van der Waals surface area contributed by atoms with Gasteiger partial charge in [0.2, 0.25) is 11.8 Å². The van der Waals surface area contributed by atoms with Gasteiger partial charge in [-0.1, -0.05) is 44.2 Å². The van der Waals surface area contributed by atoms with E-state index in [0.717, 1.165) is 34.0 Å². The maximum atomic E-state index is 13.2. The average molecular weight is 661 g/mol. The van der Waals surface area contributed by atoms with Crippen molar-refractivity contribution >= 4 is 38.6 Å². The lowest BCUT2D eigenvalue weighted by Gasteiger charge is -2.22. The number of amides is 3. The van der Waals surface area contributed by atoms with Crippen molar-refractivity contribution in [2.75, 3.05) is 27.7 Å². The van der Waals surface area contributed by atoms with Gasteiger partial charge >= 0.3 is 0 Å². The number of aryl methyl sites for hydroxylation is 1. The maximum absolute atomic E-state index is 13.2. The average Bonchev–Trinajstić information content (AvgIpc) is 3.46. The minimum Gasteiger partial charge on any atom is -0.496 e. The molecule has 0 radical (unpaired) electrons. The fourth-order valence-corrected chi connectivity index (χ4v) is 6.90. The van der Waals surface area contributed by atoms with Crippen molar-refractivity contribution < 1.29 is 27.5 Å². The van der Waals surface area contributed by atoms with Crippen LogP contribution in [0.15, 0.2) is 71.8 Å². The monoisotopic (exact) mass is 660 g/mol. The number of aromatic nitrogens is 1. The molecule has 0 aliphatic heterocycles. The van der Waals surface area contributed by atoms with Crippen molar-refractivity contribution in [3.8, 4) is 5.75 Å². The van der Waals surface area contributed by atoms with E-state index in [9.17, 15) is 22.8 Å². The van der Waals surface area contributed by atoms with Crippen LogP contribution >= 0.6 is 0 Å². The van der Waals surface area contributed by atoms with Crippen LogP contribution < -0.4 is 14.8 Å². The van der Waals surface area contributed by atoms with E-state index in [1.54, 1.807) is 56.3 Å². The van der Waals surface area contributed by atoms with Gasteiger partial charge in [0.1, 0.15) is 5.75 Å². The zero-order valence-electron chi connectivity index (χ0n) is 27.8. The third-order valence-corrected chi connectivity index (χ3v) is 9.81. The second-order valence-electron chi connectivity index (χ2n) is 12.1. The molecule has 0 saturated heterocycles. The van der Waals surface area contributed by atoms with Crippen molar-refractivity contribution in [1.29, 1.82) is 0 Å². The van der Waals surface area contributed by atoms with Crippen LogP contribution in [-0.4, -0.2) is 63.8 Å². The van der Waals surface area contributed by atoms with E-state index in [2.05, 4.69) is 21.1 Å². The van der Waals surface area contributed by atoms with Crippen LogP contribution in [0.1, 0.15) is 71.6 Å². The van der Waals surface area contributed by atoms with E-state index in [0.29, 0.717) is 30.7 Å². The summed E-state index contributed by atoms with van der Waals surface area (Å²) in [7, 11) is 0.815. The van der Waals surface area contributed by atoms with E-state index >= 15 is 0 Å². The number of carbonyl (C=O) groups excluding carboxylic acids is 3. The van der Waals surface area contributed by atoms with Crippen LogP contribution in [0, 0.1) is 12.8 Å². The first-order valence-corrected chi connectivity index (χ1v) is 17.2. The Labute approximate surface area is 276 Å². The third kappa shape index (κ3) is 8.40. The summed E-state index contributed by atoms with van der Waals surface area (Å²) in [4.78, 5) is 43.4. The van der Waals surface area contributed by atoms with Crippen LogP contribution in [0.4, 0.5) is 0 Å². The predicted molar refractivity (Wildman–Crippen MR) is 183 cm³/mol. The molecule has 4 aromatic rings. The molecule has 0 aliphatic carbocycles. The Kier molecular flexibility index (Phi) is 11.5. The van der Waals surface area contributed by atoms with E-state index in [4.69, 9.17) is 4.74 Å². The summed E-state index contributed by atoms with van der Waals surface area (Å²) in [6.07, 6.45) is 4.08. The third-order valence-electron chi connectivity index (χ3n) is 8.32. The SMILES string of the molecule is CCCNC(=O)C(C)Cc1ccc2[nH]cc(C(CCC(=O)N(C)C)c3ccc(C(=O)NS(=O)(=O)c4ccccc4C)cc3OC)c2c1. The number of benzene rings is 3. The van der Waals surface area contributed by atoms with Gasteiger partial charge < -0.3 is 19.9 Å². The molecule has 10 nitrogen and oxygen atoms in total. The van der Waals surface area contributed by atoms with Gasteiger partial charge in [-0.25, -0.2) is 13.1 Å². The van der Waals surface area contributed by atoms with Crippen molar-refractivity contribution in [2.24, 2.45) is 5.92 Å². The van der Waals surface area contributed by atoms with E-state index in [1.165, 1.54) is 19.2 Å². The molecule has 11 heteroatoms. The van der Waals surface area contributed by atoms with Crippen LogP contribution in [0.2, 0.25) is 0 Å². The molecule has 0 spiro atoms. The number of methoxy groups -OCH3 is 1. The molecule has 2 unspecified atom stereocenters. The highest BCUT2D eigenvalue weighted by atomic mass is 32.2. The molecular formula is C36H44N4O6S. The fourth-order valence-electron chi connectivity index (χ4n) is 5.68. The van der Waals surface area contributed by atoms with Gasteiger partial charge in [0.25, 0.3) is 15.9 Å². The summed E-state index contributed by atoms with van der Waals surface area (Å²) in [5, 5.41) is 3.92. The molecule has 4 rings (SSSR count). The molecular weight excluding hydrogens is 616 g/mol. The van der Waals surface area contributed by atoms with Crippen molar-refractivity contribution in [2.45, 2.75) is 57.3 Å². The smallest absolute Gasteiger partial charge is 0.265 e. The second-order valence-corrected chi connectivity index (χ2v) is 13.7. The van der Waals surface area contributed by atoms with Crippen molar-refractivity contribution in [3.63, 3.8) is 0 Å². The number of H-pyrrole nitrogens is 1. The van der Waals surface area contributed by atoms with Crippen LogP contribution in [-0.2, 0) is 26.0 Å². The lowest BCUT2D eigenvalue weighted by atomic mass is 9.85. The number of aromatic amines is 1. The molecule has 250 valence electrons. The number of nitrogens with zero attached hydrogens (tertiary/aromatic N) is 1. The van der Waals surface area contributed by atoms with Gasteiger partial charge in [-0.3, -0.25) is 14.4 Å². The quantitative estimate of drug-likeness (QED) is 0.168. The van der Waals surface area contributed by atoms with Gasteiger partial charge in [-0.05, 0) is 73.2 Å². The first-order chi connectivity index (χ1) is 22.4. The molecule has 3 amide bonds. The van der Waals surface area contributed by atoms with Crippen molar-refractivity contribution in [3.05, 3.63) is 94.7 Å². The lowest BCUT2D eigenvalue weighted by molar-refractivity contribution is -0.128. The summed E-state index contributed by atoms with van der Waals surface area (Å²) in [5.74, 6) is -0.925. The number of nitrogens with one attached hydrogen (secondary N) is 3. The number of hydrogen-bond donors (Lipinski definition) is 3. The van der Waals surface area contributed by atoms with Crippen molar-refractivity contribution in [1.82, 2.24) is 19.9 Å². The number of hydrogen-bond acceptors (Lipinski definition) is 6. The normalized spacial score (nSPS) is 12.7. The molecule has 1 aromatic heterocycles. The molecule has 0 bridgehead atoms. The summed E-state index contributed by atoms with van der Waals surface area (Å²) >= 11 is 0. The van der Waals surface area contributed by atoms with Gasteiger partial charge in [0.05, 0.1) is 12.0 Å². The number of fused-ring (bicyclic) bond motifs is 1. The molecule has 3 aromatic carbocycles. The van der Waals surface area contributed by atoms with Crippen LogP contribution in [0.25, 0.3) is 10.9 Å². The topological polar surface area (TPSA) is 138 Å². The Hall–Kier alpha value is -4.64. The summed E-state index contributed by atoms with van der Waals surface area (Å²) < 4.78 is 33.9. The van der Waals surface area contributed by atoms with Gasteiger partial charge in [-0.2, -0.15) is 0 Å². The zero-order chi connectivity index (χ0) is 34.3. The minimum atomic E-state index is -4.11. The summed E-state index contributed by atoms with van der Waals surface area (Å²) in [5.41, 5.74) is 4.24. The Morgan fingerprint density at radius 3 is 2.43 bits per heavy atom. The Morgan fingerprint density at radius 2 is 1.74 bits per heavy atom. The molecule has 1 heterocycles. The number of rotatable bonds is 14. The molecule has 2 atom stereocenters. The number of carbonyl (C=O) groups is 3. The molecule has 47 heavy (non-hydrogen) atoms.